The van der Waals surface area contributed by atoms with E-state index in [9.17, 15) is 9.90 Å². The zero-order chi connectivity index (χ0) is 13.1. The highest BCUT2D eigenvalue weighted by Gasteiger charge is 2.39. The van der Waals surface area contributed by atoms with Crippen molar-refractivity contribution in [1.82, 2.24) is 9.88 Å². The van der Waals surface area contributed by atoms with E-state index in [0.29, 0.717) is 13.2 Å². The average Bonchev–Trinajstić information content (AvgIpc) is 3.00. The summed E-state index contributed by atoms with van der Waals surface area (Å²) < 4.78 is 5.35. The van der Waals surface area contributed by atoms with Crippen molar-refractivity contribution in [3.8, 4) is 0 Å². The number of aromatic nitrogens is 1. The van der Waals surface area contributed by atoms with Crippen LogP contribution in [0.5, 0.6) is 0 Å². The molecule has 1 aromatic heterocycles. The summed E-state index contributed by atoms with van der Waals surface area (Å²) in [6.07, 6.45) is 1.85. The summed E-state index contributed by atoms with van der Waals surface area (Å²) in [6.45, 7) is 5.75. The van der Waals surface area contributed by atoms with Crippen molar-refractivity contribution in [2.75, 3.05) is 19.8 Å². The molecule has 1 N–H and O–H groups in total. The van der Waals surface area contributed by atoms with Crippen molar-refractivity contribution in [3.63, 3.8) is 0 Å². The second kappa shape index (κ2) is 5.77. The predicted octanol–water partition coefficient (Wildman–Crippen LogP) is 1.63. The van der Waals surface area contributed by atoms with E-state index >= 15 is 0 Å². The molecule has 2 heterocycles. The number of hydrogen-bond acceptors (Lipinski definition) is 5. The van der Waals surface area contributed by atoms with Gasteiger partial charge in [-0.3, -0.25) is 14.7 Å². The topological polar surface area (TPSA) is 62.7 Å². The van der Waals surface area contributed by atoms with Crippen LogP contribution in [-0.2, 0) is 9.53 Å². The Morgan fingerprint density at radius 1 is 1.72 bits per heavy atom. The highest BCUT2D eigenvalue weighted by Crippen LogP contribution is 2.30. The number of nitrogens with zero attached hydrogens (tertiary/aromatic N) is 2. The van der Waals surface area contributed by atoms with Gasteiger partial charge in [0.25, 0.3) is 0 Å². The third-order valence-corrected chi connectivity index (χ3v) is 4.47. The average molecular weight is 270 g/mol. The van der Waals surface area contributed by atoms with Gasteiger partial charge in [-0.05, 0) is 13.5 Å². The molecule has 2 rings (SSSR count). The molecule has 18 heavy (non-hydrogen) atoms. The molecule has 0 saturated carbocycles. The fourth-order valence-electron chi connectivity index (χ4n) is 2.50. The largest absolute Gasteiger partial charge is 0.481 e. The lowest BCUT2D eigenvalue weighted by molar-refractivity contribution is -0.143. The SMILES string of the molecule is CCN(C(C)c1cncs1)C1COCC1C(=O)O. The number of aliphatic carboxylic acids is 1. The van der Waals surface area contributed by atoms with Gasteiger partial charge in [-0.25, -0.2) is 0 Å². The molecule has 6 heteroatoms. The minimum absolute atomic E-state index is 0.0513. The van der Waals surface area contributed by atoms with Crippen molar-refractivity contribution in [1.29, 1.82) is 0 Å². The van der Waals surface area contributed by atoms with Crippen LogP contribution in [0.15, 0.2) is 11.7 Å². The van der Waals surface area contributed by atoms with Crippen LogP contribution in [0.1, 0.15) is 24.8 Å². The van der Waals surface area contributed by atoms with Crippen LogP contribution >= 0.6 is 11.3 Å². The Balaban J connectivity index is 2.15. The van der Waals surface area contributed by atoms with Crippen LogP contribution in [0, 0.1) is 5.92 Å². The summed E-state index contributed by atoms with van der Waals surface area (Å²) in [7, 11) is 0. The molecule has 0 bridgehead atoms. The highest BCUT2D eigenvalue weighted by atomic mass is 32.1. The van der Waals surface area contributed by atoms with E-state index in [1.165, 1.54) is 0 Å². The van der Waals surface area contributed by atoms with E-state index in [2.05, 4.69) is 23.7 Å². The monoisotopic (exact) mass is 270 g/mol. The van der Waals surface area contributed by atoms with E-state index in [1.54, 1.807) is 16.8 Å². The van der Waals surface area contributed by atoms with Gasteiger partial charge in [-0.1, -0.05) is 6.92 Å². The van der Waals surface area contributed by atoms with Gasteiger partial charge >= 0.3 is 5.97 Å². The predicted molar refractivity (Wildman–Crippen MR) is 68.6 cm³/mol. The van der Waals surface area contributed by atoms with Crippen molar-refractivity contribution >= 4 is 17.3 Å². The maximum atomic E-state index is 11.2. The van der Waals surface area contributed by atoms with Crippen LogP contribution in [0.25, 0.3) is 0 Å². The van der Waals surface area contributed by atoms with Crippen LogP contribution < -0.4 is 0 Å². The van der Waals surface area contributed by atoms with Gasteiger partial charge < -0.3 is 9.84 Å². The molecule has 0 aliphatic carbocycles. The van der Waals surface area contributed by atoms with Gasteiger partial charge in [0, 0.05) is 23.2 Å². The normalized spacial score (nSPS) is 25.5. The second-order valence-electron chi connectivity index (χ2n) is 4.46. The van der Waals surface area contributed by atoms with Crippen molar-refractivity contribution in [2.45, 2.75) is 25.9 Å². The van der Waals surface area contributed by atoms with Gasteiger partial charge in [-0.15, -0.1) is 11.3 Å². The fourth-order valence-corrected chi connectivity index (χ4v) is 3.19. The number of rotatable bonds is 5. The standard InChI is InChI=1S/C12H18N2O3S/c1-3-14(8(2)11-4-13-7-18-11)10-6-17-5-9(10)12(15)16/h4,7-10H,3,5-6H2,1-2H3,(H,15,16). The molecule has 1 aromatic rings. The quantitative estimate of drug-likeness (QED) is 0.881. The van der Waals surface area contributed by atoms with Crippen molar-refractivity contribution in [2.24, 2.45) is 5.92 Å². The summed E-state index contributed by atoms with van der Waals surface area (Å²) in [5, 5.41) is 9.22. The molecule has 1 aliphatic rings. The Hall–Kier alpha value is -0.980. The molecule has 1 fully saturated rings. The lowest BCUT2D eigenvalue weighted by Gasteiger charge is -2.33. The molecule has 3 unspecified atom stereocenters. The molecule has 1 aliphatic heterocycles. The first-order chi connectivity index (χ1) is 8.65. The summed E-state index contributed by atoms with van der Waals surface area (Å²) in [5.41, 5.74) is 1.81. The third-order valence-electron chi connectivity index (χ3n) is 3.52. The van der Waals surface area contributed by atoms with Gasteiger partial charge in [0.05, 0.1) is 24.6 Å². The molecule has 0 aromatic carbocycles. The highest BCUT2D eigenvalue weighted by molar-refractivity contribution is 7.09. The molecule has 0 amide bonds. The molecule has 5 nitrogen and oxygen atoms in total. The lowest BCUT2D eigenvalue weighted by Crippen LogP contribution is -2.44. The Kier molecular flexibility index (Phi) is 4.31. The summed E-state index contributed by atoms with van der Waals surface area (Å²) in [5.74, 6) is -1.20. The molecule has 3 atom stereocenters. The summed E-state index contributed by atoms with van der Waals surface area (Å²) >= 11 is 1.60. The Bertz CT molecular complexity index is 396. The molecular formula is C12H18N2O3S. The molecule has 100 valence electrons. The van der Waals surface area contributed by atoms with E-state index in [1.807, 2.05) is 6.20 Å². The Morgan fingerprint density at radius 3 is 3.06 bits per heavy atom. The number of ether oxygens (including phenoxy) is 1. The minimum Gasteiger partial charge on any atom is -0.481 e. The van der Waals surface area contributed by atoms with Crippen LogP contribution in [0.2, 0.25) is 0 Å². The first-order valence-corrected chi connectivity index (χ1v) is 6.97. The van der Waals surface area contributed by atoms with E-state index in [-0.39, 0.29) is 12.1 Å². The molecule has 0 radical (unpaired) electrons. The van der Waals surface area contributed by atoms with Crippen LogP contribution in [0.4, 0.5) is 0 Å². The maximum Gasteiger partial charge on any atom is 0.310 e. The fraction of sp³-hybridized carbons (Fsp3) is 0.667. The summed E-state index contributed by atoms with van der Waals surface area (Å²) in [6, 6.07) is 0.126. The Labute approximate surface area is 110 Å². The van der Waals surface area contributed by atoms with E-state index in [0.717, 1.165) is 11.4 Å². The first-order valence-electron chi connectivity index (χ1n) is 6.09. The number of thiazole rings is 1. The number of carboxylic acid groups (broad SMARTS) is 1. The molecule has 1 saturated heterocycles. The number of carboxylic acids is 1. The van der Waals surface area contributed by atoms with E-state index < -0.39 is 11.9 Å². The zero-order valence-electron chi connectivity index (χ0n) is 10.6. The van der Waals surface area contributed by atoms with Crippen molar-refractivity contribution in [3.05, 3.63) is 16.6 Å². The van der Waals surface area contributed by atoms with E-state index in [4.69, 9.17) is 4.74 Å². The third kappa shape index (κ3) is 2.55. The Morgan fingerprint density at radius 2 is 2.50 bits per heavy atom. The van der Waals surface area contributed by atoms with Crippen LogP contribution in [-0.4, -0.2) is 46.8 Å². The second-order valence-corrected chi connectivity index (χ2v) is 5.38. The van der Waals surface area contributed by atoms with Gasteiger partial charge in [-0.2, -0.15) is 0 Å². The molecular weight excluding hydrogens is 252 g/mol. The zero-order valence-corrected chi connectivity index (χ0v) is 11.4. The number of likely N-dealkylation sites (N-methyl/N-ethyl adjacent to an activating group) is 1. The lowest BCUT2D eigenvalue weighted by atomic mass is 10.0. The van der Waals surface area contributed by atoms with Gasteiger partial charge in [0.1, 0.15) is 0 Å². The maximum absolute atomic E-state index is 11.2. The van der Waals surface area contributed by atoms with Gasteiger partial charge in [0.15, 0.2) is 0 Å². The summed E-state index contributed by atoms with van der Waals surface area (Å²) in [4.78, 5) is 18.7. The smallest absolute Gasteiger partial charge is 0.310 e. The number of carbonyl (C=O) groups is 1. The van der Waals surface area contributed by atoms with Gasteiger partial charge in [0.2, 0.25) is 0 Å². The van der Waals surface area contributed by atoms with Crippen LogP contribution in [0.3, 0.4) is 0 Å². The molecule has 0 spiro atoms. The minimum atomic E-state index is -0.771. The van der Waals surface area contributed by atoms with Crippen molar-refractivity contribution < 1.29 is 14.6 Å². The first kappa shape index (κ1) is 13.5. The number of hydrogen-bond donors (Lipinski definition) is 1.